The first-order chi connectivity index (χ1) is 11.4. The molecule has 3 heteroatoms. The summed E-state index contributed by atoms with van der Waals surface area (Å²) in [6.07, 6.45) is 11.4. The van der Waals surface area contributed by atoms with E-state index in [0.29, 0.717) is 5.71 Å². The predicted molar refractivity (Wildman–Crippen MR) is 106 cm³/mol. The molecule has 0 spiro atoms. The summed E-state index contributed by atoms with van der Waals surface area (Å²) in [6, 6.07) is 2.27. The molecule has 0 aromatic carbocycles. The van der Waals surface area contributed by atoms with Crippen LogP contribution >= 0.6 is 0 Å². The Hall–Kier alpha value is -2.03. The molecule has 1 rings (SSSR count). The van der Waals surface area contributed by atoms with Crippen LogP contribution in [0.4, 0.5) is 0 Å². The molecule has 0 saturated heterocycles. The van der Waals surface area contributed by atoms with E-state index in [9.17, 15) is 0 Å². The van der Waals surface area contributed by atoms with Crippen LogP contribution in [0.5, 0.6) is 0 Å². The van der Waals surface area contributed by atoms with Gasteiger partial charge in [0.25, 0.3) is 0 Å². The molecule has 1 aromatic heterocycles. The summed E-state index contributed by atoms with van der Waals surface area (Å²) in [4.78, 5) is 9.30. The van der Waals surface area contributed by atoms with E-state index in [-0.39, 0.29) is 6.04 Å². The topological polar surface area (TPSA) is 49.1 Å². The molecule has 1 atom stereocenters. The molecule has 0 aliphatic rings. The van der Waals surface area contributed by atoms with Crippen LogP contribution in [0.3, 0.4) is 0 Å². The Bertz CT molecular complexity index is 647. The van der Waals surface area contributed by atoms with E-state index in [2.05, 4.69) is 50.9 Å². The van der Waals surface area contributed by atoms with Crippen molar-refractivity contribution in [2.45, 2.75) is 66.8 Å². The molecule has 130 valence electrons. The number of rotatable bonds is 8. The number of aliphatic imine (C=N–C) groups is 1. The number of allylic oxidation sites excluding steroid dienone is 3. The third kappa shape index (κ3) is 5.88. The van der Waals surface area contributed by atoms with Crippen LogP contribution < -0.4 is 0 Å². The molecule has 24 heavy (non-hydrogen) atoms. The summed E-state index contributed by atoms with van der Waals surface area (Å²) in [5, 5.41) is 7.80. The van der Waals surface area contributed by atoms with Crippen molar-refractivity contribution in [3.8, 4) is 0 Å². The lowest BCUT2D eigenvalue weighted by Gasteiger charge is -2.10. The van der Waals surface area contributed by atoms with E-state index in [4.69, 9.17) is 10.4 Å². The highest BCUT2D eigenvalue weighted by Gasteiger charge is 2.08. The number of nitrogens with zero attached hydrogens (tertiary/aromatic N) is 2. The SMILES string of the molecule is CCC/C=C\C(CC)N=CC(=C(C)C)c1cc(C)c(C(C)=N)cn1. The van der Waals surface area contributed by atoms with E-state index in [0.717, 1.165) is 41.7 Å². The Labute approximate surface area is 147 Å². The average molecular weight is 326 g/mol. The minimum atomic E-state index is 0.218. The van der Waals surface area contributed by atoms with Gasteiger partial charge < -0.3 is 5.41 Å². The summed E-state index contributed by atoms with van der Waals surface area (Å²) in [5.41, 5.74) is 5.71. The van der Waals surface area contributed by atoms with Gasteiger partial charge in [-0.25, -0.2) is 0 Å². The molecule has 0 aliphatic carbocycles. The Morgan fingerprint density at radius 1 is 1.29 bits per heavy atom. The number of nitrogens with one attached hydrogen (secondary N) is 1. The molecule has 0 radical (unpaired) electrons. The summed E-state index contributed by atoms with van der Waals surface area (Å²) >= 11 is 0. The van der Waals surface area contributed by atoms with E-state index in [1.165, 1.54) is 5.57 Å². The van der Waals surface area contributed by atoms with Gasteiger partial charge in [0.1, 0.15) is 0 Å². The molecule has 1 aromatic rings. The second-order valence-electron chi connectivity index (χ2n) is 6.39. The third-order valence-corrected chi connectivity index (χ3v) is 3.96. The lowest BCUT2D eigenvalue weighted by molar-refractivity contribution is 0.782. The van der Waals surface area contributed by atoms with Gasteiger partial charge in [-0.1, -0.05) is 38.0 Å². The number of aryl methyl sites for hydroxylation is 1. The van der Waals surface area contributed by atoms with Crippen LogP contribution in [-0.2, 0) is 0 Å². The quantitative estimate of drug-likeness (QED) is 0.478. The largest absolute Gasteiger partial charge is 0.305 e. The van der Waals surface area contributed by atoms with Crippen molar-refractivity contribution >= 4 is 17.5 Å². The van der Waals surface area contributed by atoms with Gasteiger partial charge in [0.15, 0.2) is 0 Å². The second kappa shape index (κ2) is 9.96. The summed E-state index contributed by atoms with van der Waals surface area (Å²) < 4.78 is 0. The zero-order valence-electron chi connectivity index (χ0n) is 16.0. The van der Waals surface area contributed by atoms with Crippen LogP contribution in [0.25, 0.3) is 5.57 Å². The Kier molecular flexibility index (Phi) is 8.31. The van der Waals surface area contributed by atoms with Gasteiger partial charge in [-0.05, 0) is 52.2 Å². The fourth-order valence-corrected chi connectivity index (χ4v) is 2.43. The van der Waals surface area contributed by atoms with Crippen molar-refractivity contribution in [1.29, 1.82) is 5.41 Å². The minimum absolute atomic E-state index is 0.218. The first-order valence-corrected chi connectivity index (χ1v) is 8.80. The molecule has 0 aliphatic heterocycles. The first kappa shape index (κ1) is 20.0. The van der Waals surface area contributed by atoms with Crippen LogP contribution in [0.2, 0.25) is 0 Å². The van der Waals surface area contributed by atoms with Crippen LogP contribution in [0.15, 0.2) is 35.0 Å². The van der Waals surface area contributed by atoms with Crippen molar-refractivity contribution < 1.29 is 0 Å². The molecular formula is C21H31N3. The summed E-state index contributed by atoms with van der Waals surface area (Å²) in [6.45, 7) is 12.3. The van der Waals surface area contributed by atoms with Gasteiger partial charge in [0.2, 0.25) is 0 Å². The van der Waals surface area contributed by atoms with Crippen LogP contribution in [-0.4, -0.2) is 23.0 Å². The first-order valence-electron chi connectivity index (χ1n) is 8.80. The molecule has 0 amide bonds. The lowest BCUT2D eigenvalue weighted by atomic mass is 10.0. The van der Waals surface area contributed by atoms with Gasteiger partial charge in [-0.2, -0.15) is 0 Å². The van der Waals surface area contributed by atoms with Gasteiger partial charge in [0.05, 0.1) is 11.7 Å². The monoisotopic (exact) mass is 325 g/mol. The molecule has 1 unspecified atom stereocenters. The number of hydrogen-bond acceptors (Lipinski definition) is 3. The van der Waals surface area contributed by atoms with E-state index in [1.54, 1.807) is 13.1 Å². The van der Waals surface area contributed by atoms with Gasteiger partial charge in [-0.15, -0.1) is 0 Å². The highest BCUT2D eigenvalue weighted by Crippen LogP contribution is 2.19. The Morgan fingerprint density at radius 2 is 2.00 bits per heavy atom. The Balaban J connectivity index is 3.08. The lowest BCUT2D eigenvalue weighted by Crippen LogP contribution is -2.03. The molecule has 1 heterocycles. The smallest absolute Gasteiger partial charge is 0.0719 e. The maximum Gasteiger partial charge on any atom is 0.0719 e. The number of unbranched alkanes of at least 4 members (excludes halogenated alkanes) is 1. The third-order valence-electron chi connectivity index (χ3n) is 3.96. The molecular weight excluding hydrogens is 294 g/mol. The average Bonchev–Trinajstić information content (AvgIpc) is 2.52. The van der Waals surface area contributed by atoms with Gasteiger partial charge >= 0.3 is 0 Å². The van der Waals surface area contributed by atoms with Crippen molar-refractivity contribution in [1.82, 2.24) is 4.98 Å². The van der Waals surface area contributed by atoms with Crippen molar-refractivity contribution in [3.63, 3.8) is 0 Å². The van der Waals surface area contributed by atoms with E-state index in [1.807, 2.05) is 13.1 Å². The van der Waals surface area contributed by atoms with Crippen LogP contribution in [0.1, 0.15) is 70.7 Å². The number of hydrogen-bond donors (Lipinski definition) is 1. The Morgan fingerprint density at radius 3 is 2.50 bits per heavy atom. The minimum Gasteiger partial charge on any atom is -0.305 e. The molecule has 3 nitrogen and oxygen atoms in total. The number of aromatic nitrogens is 1. The highest BCUT2D eigenvalue weighted by atomic mass is 14.8. The molecule has 0 bridgehead atoms. The molecule has 0 fully saturated rings. The van der Waals surface area contributed by atoms with Crippen molar-refractivity contribution in [2.24, 2.45) is 4.99 Å². The second-order valence-corrected chi connectivity index (χ2v) is 6.39. The van der Waals surface area contributed by atoms with E-state index >= 15 is 0 Å². The highest BCUT2D eigenvalue weighted by molar-refractivity contribution is 6.10. The summed E-state index contributed by atoms with van der Waals surface area (Å²) in [7, 11) is 0. The zero-order valence-corrected chi connectivity index (χ0v) is 16.0. The van der Waals surface area contributed by atoms with Gasteiger partial charge in [0, 0.05) is 29.3 Å². The summed E-state index contributed by atoms with van der Waals surface area (Å²) in [5.74, 6) is 0. The van der Waals surface area contributed by atoms with Crippen molar-refractivity contribution in [2.75, 3.05) is 0 Å². The molecule has 1 N–H and O–H groups in total. The van der Waals surface area contributed by atoms with Gasteiger partial charge in [-0.3, -0.25) is 9.98 Å². The molecule has 0 saturated carbocycles. The van der Waals surface area contributed by atoms with E-state index < -0.39 is 0 Å². The fraction of sp³-hybridized carbons (Fsp3) is 0.476. The zero-order chi connectivity index (χ0) is 18.1. The number of pyridine rings is 1. The maximum absolute atomic E-state index is 7.80. The maximum atomic E-state index is 7.80. The van der Waals surface area contributed by atoms with Crippen molar-refractivity contribution in [3.05, 3.63) is 46.8 Å². The normalized spacial score (nSPS) is 12.8. The predicted octanol–water partition coefficient (Wildman–Crippen LogP) is 5.78. The standard InChI is InChI=1S/C21H31N3/c1-7-9-10-11-18(8-2)23-13-19(15(3)4)21-12-16(5)20(14-24-21)17(6)22/h10-14,18,22H,7-9H2,1-6H3/b11-10-,22-17?,23-13?. The van der Waals surface area contributed by atoms with Crippen LogP contribution in [0, 0.1) is 12.3 Å². The fourth-order valence-electron chi connectivity index (χ4n) is 2.43.